The number of aromatic nitrogens is 2. The molecule has 5 nitrogen and oxygen atoms in total. The molecule has 8 heteroatoms. The lowest BCUT2D eigenvalue weighted by Gasteiger charge is -2.19. The first-order valence-corrected chi connectivity index (χ1v) is 9.57. The Labute approximate surface area is 173 Å². The molecule has 0 amide bonds. The second-order valence-electron chi connectivity index (χ2n) is 6.85. The molecule has 0 fully saturated rings. The van der Waals surface area contributed by atoms with Crippen LogP contribution in [0.4, 0.5) is 36.3 Å². The molecule has 0 saturated carbocycles. The van der Waals surface area contributed by atoms with Crippen LogP contribution in [-0.4, -0.2) is 16.1 Å². The molecule has 0 saturated heterocycles. The summed E-state index contributed by atoms with van der Waals surface area (Å²) in [5, 5.41) is 5.75. The lowest BCUT2D eigenvalue weighted by molar-refractivity contribution is -0.137. The zero-order chi connectivity index (χ0) is 21.7. The fraction of sp³-hybridized carbons (Fsp3) is 0.273. The third-order valence-electron chi connectivity index (χ3n) is 4.53. The first-order chi connectivity index (χ1) is 14.3. The molecule has 0 bridgehead atoms. The van der Waals surface area contributed by atoms with Gasteiger partial charge in [0.15, 0.2) is 0 Å². The van der Waals surface area contributed by atoms with Crippen molar-refractivity contribution < 1.29 is 17.9 Å². The van der Waals surface area contributed by atoms with E-state index in [-0.39, 0.29) is 17.9 Å². The van der Waals surface area contributed by atoms with Crippen LogP contribution in [0.5, 0.6) is 5.75 Å². The summed E-state index contributed by atoms with van der Waals surface area (Å²) < 4.78 is 46.5. The molecule has 1 unspecified atom stereocenters. The van der Waals surface area contributed by atoms with E-state index in [2.05, 4.69) is 20.6 Å². The van der Waals surface area contributed by atoms with Crippen molar-refractivity contribution in [2.24, 2.45) is 0 Å². The fourth-order valence-corrected chi connectivity index (χ4v) is 2.68. The molecule has 2 aromatic carbocycles. The minimum Gasteiger partial charge on any atom is -0.489 e. The van der Waals surface area contributed by atoms with Crippen molar-refractivity contribution in [3.8, 4) is 5.75 Å². The molecule has 1 heterocycles. The second kappa shape index (κ2) is 9.02. The van der Waals surface area contributed by atoms with Gasteiger partial charge in [-0.2, -0.15) is 18.2 Å². The summed E-state index contributed by atoms with van der Waals surface area (Å²) in [6.45, 7) is 5.75. The van der Waals surface area contributed by atoms with Gasteiger partial charge in [0.05, 0.1) is 11.8 Å². The number of rotatable bonds is 7. The number of hydrogen-bond donors (Lipinski definition) is 2. The minimum absolute atomic E-state index is 0.0557. The van der Waals surface area contributed by atoms with Crippen molar-refractivity contribution >= 4 is 23.1 Å². The maximum absolute atomic E-state index is 13.6. The lowest BCUT2D eigenvalue weighted by Crippen LogP contribution is -2.14. The van der Waals surface area contributed by atoms with Crippen molar-refractivity contribution in [3.05, 3.63) is 65.9 Å². The number of hydrogen-bond acceptors (Lipinski definition) is 5. The van der Waals surface area contributed by atoms with Crippen LogP contribution in [0.15, 0.2) is 54.7 Å². The maximum atomic E-state index is 13.6. The standard InChI is InChI=1S/C22H23F3N4O/c1-4-15(3)30-19-12-8-7-11-18(19)27-20-16(22(23,24)25)13-26-21(29-20)28-17-10-6-5-9-14(17)2/h5-13,15H,4H2,1-3H3,(H2,26,27,28,29). The summed E-state index contributed by atoms with van der Waals surface area (Å²) in [4.78, 5) is 7.96. The number of halogens is 3. The summed E-state index contributed by atoms with van der Waals surface area (Å²) in [5.41, 5.74) is 1.06. The monoisotopic (exact) mass is 416 g/mol. The summed E-state index contributed by atoms with van der Waals surface area (Å²) in [6, 6.07) is 14.2. The number of alkyl halides is 3. The Morgan fingerprint density at radius 1 is 1.00 bits per heavy atom. The summed E-state index contributed by atoms with van der Waals surface area (Å²) in [6.07, 6.45) is -3.16. The van der Waals surface area contributed by atoms with Gasteiger partial charge in [0.2, 0.25) is 5.95 Å². The Bertz CT molecular complexity index is 1010. The van der Waals surface area contributed by atoms with E-state index >= 15 is 0 Å². The maximum Gasteiger partial charge on any atom is 0.421 e. The molecular formula is C22H23F3N4O. The SMILES string of the molecule is CCC(C)Oc1ccccc1Nc1nc(Nc2ccccc2C)ncc1C(F)(F)F. The zero-order valence-corrected chi connectivity index (χ0v) is 16.9. The number of benzene rings is 2. The van der Waals surface area contributed by atoms with Crippen LogP contribution in [0.2, 0.25) is 0 Å². The molecule has 3 rings (SSSR count). The van der Waals surface area contributed by atoms with E-state index in [1.807, 2.05) is 39.0 Å². The third kappa shape index (κ3) is 5.20. The largest absolute Gasteiger partial charge is 0.489 e. The molecule has 158 valence electrons. The number of para-hydroxylation sites is 3. The molecular weight excluding hydrogens is 393 g/mol. The van der Waals surface area contributed by atoms with Gasteiger partial charge in [-0.25, -0.2) is 4.98 Å². The molecule has 30 heavy (non-hydrogen) atoms. The Morgan fingerprint density at radius 2 is 1.67 bits per heavy atom. The minimum atomic E-state index is -4.62. The van der Waals surface area contributed by atoms with Gasteiger partial charge >= 0.3 is 6.18 Å². The number of nitrogens with one attached hydrogen (secondary N) is 2. The van der Waals surface area contributed by atoms with Crippen LogP contribution in [-0.2, 0) is 6.18 Å². The van der Waals surface area contributed by atoms with E-state index in [4.69, 9.17) is 4.74 Å². The van der Waals surface area contributed by atoms with E-state index in [0.717, 1.165) is 18.2 Å². The predicted molar refractivity (Wildman–Crippen MR) is 112 cm³/mol. The third-order valence-corrected chi connectivity index (χ3v) is 4.53. The average Bonchev–Trinajstić information content (AvgIpc) is 2.70. The highest BCUT2D eigenvalue weighted by Crippen LogP contribution is 2.37. The van der Waals surface area contributed by atoms with Gasteiger partial charge in [-0.05, 0) is 44.0 Å². The van der Waals surface area contributed by atoms with Crippen LogP contribution in [0.3, 0.4) is 0 Å². The topological polar surface area (TPSA) is 59.1 Å². The Hall–Kier alpha value is -3.29. The normalized spacial score (nSPS) is 12.3. The van der Waals surface area contributed by atoms with Gasteiger partial charge in [0, 0.05) is 11.9 Å². The van der Waals surface area contributed by atoms with E-state index in [0.29, 0.717) is 17.1 Å². The van der Waals surface area contributed by atoms with Gasteiger partial charge in [-0.15, -0.1) is 0 Å². The highest BCUT2D eigenvalue weighted by atomic mass is 19.4. The zero-order valence-electron chi connectivity index (χ0n) is 16.9. The van der Waals surface area contributed by atoms with E-state index in [1.54, 1.807) is 30.3 Å². The van der Waals surface area contributed by atoms with Crippen LogP contribution in [0, 0.1) is 6.92 Å². The number of ether oxygens (including phenoxy) is 1. The molecule has 0 aliphatic carbocycles. The molecule has 1 atom stereocenters. The van der Waals surface area contributed by atoms with Crippen LogP contribution in [0.1, 0.15) is 31.4 Å². The number of aryl methyl sites for hydroxylation is 1. The van der Waals surface area contributed by atoms with Crippen LogP contribution < -0.4 is 15.4 Å². The predicted octanol–water partition coefficient (Wildman–Crippen LogP) is 6.47. The quantitative estimate of drug-likeness (QED) is 0.462. The fourth-order valence-electron chi connectivity index (χ4n) is 2.68. The van der Waals surface area contributed by atoms with Crippen LogP contribution in [0.25, 0.3) is 0 Å². The van der Waals surface area contributed by atoms with E-state index in [9.17, 15) is 13.2 Å². The first-order valence-electron chi connectivity index (χ1n) is 9.57. The van der Waals surface area contributed by atoms with Crippen molar-refractivity contribution in [2.45, 2.75) is 39.5 Å². The molecule has 3 aromatic rings. The lowest BCUT2D eigenvalue weighted by atomic mass is 10.2. The first kappa shape index (κ1) is 21.4. The highest BCUT2D eigenvalue weighted by Gasteiger charge is 2.35. The summed E-state index contributed by atoms with van der Waals surface area (Å²) >= 11 is 0. The Morgan fingerprint density at radius 3 is 2.33 bits per heavy atom. The highest BCUT2D eigenvalue weighted by molar-refractivity contribution is 5.68. The molecule has 0 spiro atoms. The van der Waals surface area contributed by atoms with Crippen molar-refractivity contribution in [2.75, 3.05) is 10.6 Å². The molecule has 0 radical (unpaired) electrons. The second-order valence-corrected chi connectivity index (χ2v) is 6.85. The van der Waals surface area contributed by atoms with Gasteiger partial charge in [0.1, 0.15) is 17.1 Å². The van der Waals surface area contributed by atoms with E-state index < -0.39 is 11.7 Å². The Balaban J connectivity index is 1.97. The number of nitrogens with zero attached hydrogens (tertiary/aromatic N) is 2. The average molecular weight is 416 g/mol. The molecule has 2 N–H and O–H groups in total. The van der Waals surface area contributed by atoms with Crippen molar-refractivity contribution in [3.63, 3.8) is 0 Å². The molecule has 0 aliphatic heterocycles. The van der Waals surface area contributed by atoms with Gasteiger partial charge in [0.25, 0.3) is 0 Å². The van der Waals surface area contributed by atoms with Gasteiger partial charge in [-0.1, -0.05) is 37.3 Å². The van der Waals surface area contributed by atoms with Gasteiger partial charge < -0.3 is 15.4 Å². The summed E-state index contributed by atoms with van der Waals surface area (Å²) in [7, 11) is 0. The molecule has 0 aliphatic rings. The summed E-state index contributed by atoms with van der Waals surface area (Å²) in [5.74, 6) is 0.154. The van der Waals surface area contributed by atoms with Crippen molar-refractivity contribution in [1.29, 1.82) is 0 Å². The van der Waals surface area contributed by atoms with Crippen LogP contribution >= 0.6 is 0 Å². The van der Waals surface area contributed by atoms with E-state index in [1.165, 1.54) is 0 Å². The smallest absolute Gasteiger partial charge is 0.421 e. The Kier molecular flexibility index (Phi) is 6.44. The van der Waals surface area contributed by atoms with Gasteiger partial charge in [-0.3, -0.25) is 0 Å². The van der Waals surface area contributed by atoms with Crippen molar-refractivity contribution in [1.82, 2.24) is 9.97 Å². The number of anilines is 4. The molecule has 1 aromatic heterocycles.